The highest BCUT2D eigenvalue weighted by Gasteiger charge is 2.18. The van der Waals surface area contributed by atoms with Crippen molar-refractivity contribution < 1.29 is 14.3 Å². The van der Waals surface area contributed by atoms with Crippen molar-refractivity contribution in [1.29, 1.82) is 0 Å². The van der Waals surface area contributed by atoms with Gasteiger partial charge in [-0.05, 0) is 36.5 Å². The van der Waals surface area contributed by atoms with Gasteiger partial charge in [0.1, 0.15) is 0 Å². The number of halogens is 1. The molecule has 2 rings (SSSR count). The molecule has 0 radical (unpaired) electrons. The number of nitrogens with one attached hydrogen (secondary N) is 2. The number of ether oxygens (including phenoxy) is 1. The maximum atomic E-state index is 12.0. The number of carbonyl (C=O) groups excluding carboxylic acids is 2. The molecule has 6 nitrogen and oxygen atoms in total. The maximum absolute atomic E-state index is 12.0. The fraction of sp³-hybridized carbons (Fsp3) is 0.579. The number of anilines is 1. The Morgan fingerprint density at radius 2 is 2.00 bits per heavy atom. The Balaban J connectivity index is 0.00000364. The number of rotatable bonds is 8. The van der Waals surface area contributed by atoms with E-state index in [4.69, 9.17) is 10.5 Å². The highest BCUT2D eigenvalue weighted by atomic mass is 35.5. The molecule has 0 saturated carbocycles. The van der Waals surface area contributed by atoms with Crippen LogP contribution in [0.2, 0.25) is 0 Å². The van der Waals surface area contributed by atoms with Crippen molar-refractivity contribution in [3.05, 3.63) is 29.8 Å². The van der Waals surface area contributed by atoms with Gasteiger partial charge in [-0.15, -0.1) is 12.4 Å². The molecule has 0 aromatic heterocycles. The summed E-state index contributed by atoms with van der Waals surface area (Å²) < 4.78 is 5.38. The van der Waals surface area contributed by atoms with Gasteiger partial charge in [-0.3, -0.25) is 9.59 Å². The summed E-state index contributed by atoms with van der Waals surface area (Å²) in [5, 5.41) is 6.04. The molecule has 1 aliphatic rings. The molecule has 1 aliphatic heterocycles. The third kappa shape index (κ3) is 8.51. The molecular weight excluding hydrogens is 386 g/mol. The van der Waals surface area contributed by atoms with E-state index in [0.717, 1.165) is 37.5 Å². The first-order valence-electron chi connectivity index (χ1n) is 9.07. The normalized spacial score (nSPS) is 15.7. The summed E-state index contributed by atoms with van der Waals surface area (Å²) in [5.41, 5.74) is 7.67. The van der Waals surface area contributed by atoms with Crippen molar-refractivity contribution in [1.82, 2.24) is 5.32 Å². The van der Waals surface area contributed by atoms with Gasteiger partial charge >= 0.3 is 0 Å². The summed E-state index contributed by atoms with van der Waals surface area (Å²) in [7, 11) is 0. The highest BCUT2D eigenvalue weighted by molar-refractivity contribution is 7.99. The topological polar surface area (TPSA) is 93.5 Å². The summed E-state index contributed by atoms with van der Waals surface area (Å²) in [4.78, 5) is 23.8. The number of carbonyl (C=O) groups is 2. The Morgan fingerprint density at radius 1 is 1.30 bits per heavy atom. The van der Waals surface area contributed by atoms with Crippen LogP contribution in [0.1, 0.15) is 32.3 Å². The van der Waals surface area contributed by atoms with Gasteiger partial charge in [0.25, 0.3) is 0 Å². The van der Waals surface area contributed by atoms with E-state index < -0.39 is 6.04 Å². The van der Waals surface area contributed by atoms with E-state index in [9.17, 15) is 9.59 Å². The average molecular weight is 416 g/mol. The fourth-order valence-corrected chi connectivity index (χ4v) is 3.72. The van der Waals surface area contributed by atoms with Crippen LogP contribution >= 0.6 is 24.2 Å². The van der Waals surface area contributed by atoms with Crippen LogP contribution in [0.3, 0.4) is 0 Å². The molecule has 1 aromatic carbocycles. The fourth-order valence-electron chi connectivity index (χ4n) is 2.59. The predicted molar refractivity (Wildman–Crippen MR) is 113 cm³/mol. The molecular formula is C19H30ClN3O3S. The van der Waals surface area contributed by atoms with E-state index in [1.165, 1.54) is 5.56 Å². The molecule has 1 aromatic rings. The van der Waals surface area contributed by atoms with Gasteiger partial charge in [0.2, 0.25) is 11.8 Å². The number of hydrogen-bond acceptors (Lipinski definition) is 5. The molecule has 1 atom stereocenters. The summed E-state index contributed by atoms with van der Waals surface area (Å²) in [6, 6.07) is 7.22. The molecule has 0 unspecified atom stereocenters. The molecule has 4 N–H and O–H groups in total. The summed E-state index contributed by atoms with van der Waals surface area (Å²) in [6.07, 6.45) is 2.19. The minimum atomic E-state index is -0.603. The van der Waals surface area contributed by atoms with E-state index in [1.807, 2.05) is 43.8 Å². The van der Waals surface area contributed by atoms with Gasteiger partial charge in [0.05, 0.1) is 12.6 Å². The number of benzene rings is 1. The molecule has 1 heterocycles. The smallest absolute Gasteiger partial charge is 0.243 e. The second-order valence-corrected chi connectivity index (χ2v) is 8.15. The van der Waals surface area contributed by atoms with E-state index in [0.29, 0.717) is 5.25 Å². The molecule has 8 heteroatoms. The Kier molecular flexibility index (Phi) is 10.8. The zero-order valence-corrected chi connectivity index (χ0v) is 17.5. The van der Waals surface area contributed by atoms with Crippen LogP contribution in [0, 0.1) is 5.92 Å². The summed E-state index contributed by atoms with van der Waals surface area (Å²) in [5.74, 6) is 0.372. The monoisotopic (exact) mass is 415 g/mol. The van der Waals surface area contributed by atoms with Crippen molar-refractivity contribution >= 4 is 41.7 Å². The number of thioether (sulfide) groups is 1. The zero-order valence-electron chi connectivity index (χ0n) is 15.9. The van der Waals surface area contributed by atoms with Crippen LogP contribution in [0.4, 0.5) is 5.69 Å². The Labute approximate surface area is 171 Å². The first-order chi connectivity index (χ1) is 12.5. The molecule has 0 bridgehead atoms. The van der Waals surface area contributed by atoms with Crippen molar-refractivity contribution in [3.8, 4) is 0 Å². The van der Waals surface area contributed by atoms with Gasteiger partial charge in [0.15, 0.2) is 0 Å². The molecule has 0 aliphatic carbocycles. The quantitative estimate of drug-likeness (QED) is 0.606. The molecule has 1 fully saturated rings. The van der Waals surface area contributed by atoms with Gasteiger partial charge < -0.3 is 21.1 Å². The van der Waals surface area contributed by atoms with E-state index in [-0.39, 0.29) is 36.7 Å². The van der Waals surface area contributed by atoms with Gasteiger partial charge in [-0.2, -0.15) is 11.8 Å². The third-order valence-electron chi connectivity index (χ3n) is 4.31. The van der Waals surface area contributed by atoms with Crippen molar-refractivity contribution in [2.24, 2.45) is 11.7 Å². The highest BCUT2D eigenvalue weighted by Crippen LogP contribution is 2.26. The summed E-state index contributed by atoms with van der Waals surface area (Å²) in [6.45, 7) is 5.35. The lowest BCUT2D eigenvalue weighted by Crippen LogP contribution is -2.46. The maximum Gasteiger partial charge on any atom is 0.243 e. The van der Waals surface area contributed by atoms with E-state index in [2.05, 4.69) is 16.7 Å². The van der Waals surface area contributed by atoms with Crippen LogP contribution in [0.25, 0.3) is 0 Å². The Bertz CT molecular complexity index is 610. The first kappa shape index (κ1) is 23.8. The largest absolute Gasteiger partial charge is 0.381 e. The lowest BCUT2D eigenvalue weighted by atomic mass is 10.1. The minimum absolute atomic E-state index is 0. The standard InChI is InChI=1S/C19H29N3O3S.ClH/c1-13(2)18(20)19(24)21-11-17(23)22-15-5-3-4-14(10-15)12-26-16-6-8-25-9-7-16;/h3-5,10,13,16,18H,6-9,11-12,20H2,1-2H3,(H,21,24)(H,22,23);1H/t18-;/m0./s1. The van der Waals surface area contributed by atoms with Crippen molar-refractivity contribution in [2.45, 2.75) is 43.7 Å². The predicted octanol–water partition coefficient (Wildman–Crippen LogP) is 2.56. The molecule has 0 spiro atoms. The zero-order chi connectivity index (χ0) is 18.9. The van der Waals surface area contributed by atoms with Crippen LogP contribution in [-0.4, -0.2) is 42.9 Å². The van der Waals surface area contributed by atoms with E-state index in [1.54, 1.807) is 0 Å². The minimum Gasteiger partial charge on any atom is -0.381 e. The SMILES string of the molecule is CC(C)[C@H](N)C(=O)NCC(=O)Nc1cccc(CSC2CCOCC2)c1.Cl. The Hall–Kier alpha value is -1.28. The molecule has 152 valence electrons. The van der Waals surface area contributed by atoms with Crippen LogP contribution in [0.15, 0.2) is 24.3 Å². The number of hydrogen-bond donors (Lipinski definition) is 3. The second-order valence-electron chi connectivity index (χ2n) is 6.86. The second kappa shape index (κ2) is 12.2. The molecule has 27 heavy (non-hydrogen) atoms. The lowest BCUT2D eigenvalue weighted by molar-refractivity contribution is -0.125. The third-order valence-corrected chi connectivity index (χ3v) is 5.75. The van der Waals surface area contributed by atoms with Gasteiger partial charge in [-0.25, -0.2) is 0 Å². The number of nitrogens with two attached hydrogens (primary N) is 1. The van der Waals surface area contributed by atoms with Crippen LogP contribution in [0.5, 0.6) is 0 Å². The first-order valence-corrected chi connectivity index (χ1v) is 10.1. The van der Waals surface area contributed by atoms with E-state index >= 15 is 0 Å². The number of amides is 2. The van der Waals surface area contributed by atoms with Crippen LogP contribution in [-0.2, 0) is 20.1 Å². The Morgan fingerprint density at radius 3 is 2.67 bits per heavy atom. The van der Waals surface area contributed by atoms with Crippen LogP contribution < -0.4 is 16.4 Å². The lowest BCUT2D eigenvalue weighted by Gasteiger charge is -2.21. The van der Waals surface area contributed by atoms with Gasteiger partial charge in [-0.1, -0.05) is 26.0 Å². The average Bonchev–Trinajstić information content (AvgIpc) is 2.65. The summed E-state index contributed by atoms with van der Waals surface area (Å²) >= 11 is 1.93. The molecule has 2 amide bonds. The molecule has 1 saturated heterocycles. The van der Waals surface area contributed by atoms with Crippen molar-refractivity contribution in [2.75, 3.05) is 25.1 Å². The van der Waals surface area contributed by atoms with Gasteiger partial charge in [0, 0.05) is 29.9 Å². The van der Waals surface area contributed by atoms with Crippen molar-refractivity contribution in [3.63, 3.8) is 0 Å².